The fraction of sp³-hybridized carbons (Fsp3) is 0.520. The van der Waals surface area contributed by atoms with Crippen LogP contribution >= 0.6 is 0 Å². The number of fused-ring (bicyclic) bond motifs is 1. The predicted octanol–water partition coefficient (Wildman–Crippen LogP) is 3.42. The maximum absolute atomic E-state index is 13.3. The molecule has 1 aromatic heterocycles. The normalized spacial score (nSPS) is 30.6. The summed E-state index contributed by atoms with van der Waals surface area (Å²) in [6, 6.07) is 7.71. The van der Waals surface area contributed by atoms with Crippen molar-refractivity contribution < 1.29 is 19.0 Å². The minimum atomic E-state index is -0.788. The molecule has 8 heteroatoms. The van der Waals surface area contributed by atoms with Crippen LogP contribution in [-0.2, 0) is 20.9 Å². The quantitative estimate of drug-likeness (QED) is 0.671. The van der Waals surface area contributed by atoms with Gasteiger partial charge in [0.15, 0.2) is 5.60 Å². The number of hydrogen-bond donors (Lipinski definition) is 0. The molecular formula is C25H26N4O4. The van der Waals surface area contributed by atoms with Gasteiger partial charge in [-0.05, 0) is 55.9 Å². The first-order valence-corrected chi connectivity index (χ1v) is 11.7. The Morgan fingerprint density at radius 2 is 2.06 bits per heavy atom. The Hall–Kier alpha value is -3.02. The van der Waals surface area contributed by atoms with E-state index in [2.05, 4.69) is 16.0 Å². The van der Waals surface area contributed by atoms with E-state index < -0.39 is 5.60 Å². The van der Waals surface area contributed by atoms with Crippen LogP contribution in [0.3, 0.4) is 0 Å². The van der Waals surface area contributed by atoms with Crippen LogP contribution < -0.4 is 4.74 Å². The Kier molecular flexibility index (Phi) is 5.04. The van der Waals surface area contributed by atoms with Gasteiger partial charge < -0.3 is 19.1 Å². The molecule has 1 unspecified atom stereocenters. The lowest BCUT2D eigenvalue weighted by atomic mass is 9.76. The van der Waals surface area contributed by atoms with Gasteiger partial charge in [-0.25, -0.2) is 0 Å². The summed E-state index contributed by atoms with van der Waals surface area (Å²) in [5.74, 6) is 0.821. The lowest BCUT2D eigenvalue weighted by Crippen LogP contribution is -2.54. The van der Waals surface area contributed by atoms with Gasteiger partial charge in [0, 0.05) is 25.2 Å². The van der Waals surface area contributed by atoms with E-state index in [1.807, 2.05) is 17.0 Å². The van der Waals surface area contributed by atoms with Gasteiger partial charge in [0.25, 0.3) is 5.91 Å². The van der Waals surface area contributed by atoms with Crippen molar-refractivity contribution in [3.63, 3.8) is 0 Å². The van der Waals surface area contributed by atoms with Crippen LogP contribution in [0.25, 0.3) is 0 Å². The zero-order chi connectivity index (χ0) is 22.4. The Labute approximate surface area is 192 Å². The molecule has 2 aliphatic carbocycles. The number of nitrogens with zero attached hydrogens (tertiary/aromatic N) is 4. The fourth-order valence-corrected chi connectivity index (χ4v) is 5.31. The van der Waals surface area contributed by atoms with E-state index in [9.17, 15) is 10.1 Å². The maximum atomic E-state index is 13.3. The summed E-state index contributed by atoms with van der Waals surface area (Å²) in [4.78, 5) is 23.7. The Morgan fingerprint density at radius 1 is 1.18 bits per heavy atom. The van der Waals surface area contributed by atoms with Crippen LogP contribution in [0.15, 0.2) is 36.8 Å². The summed E-state index contributed by atoms with van der Waals surface area (Å²) < 4.78 is 18.3. The first-order valence-electron chi connectivity index (χ1n) is 11.7. The SMILES string of the molecule is N#Cc1ccc(OC2CCC2)cc1COC1CC2(C1)OC1CC[C@@H](c3cnccn3)N1C2=O. The van der Waals surface area contributed by atoms with Gasteiger partial charge in [0.2, 0.25) is 0 Å². The molecule has 3 heterocycles. The van der Waals surface area contributed by atoms with Crippen LogP contribution in [0.5, 0.6) is 5.75 Å². The molecule has 2 atom stereocenters. The molecule has 0 bridgehead atoms. The molecule has 2 aliphatic heterocycles. The summed E-state index contributed by atoms with van der Waals surface area (Å²) >= 11 is 0. The molecule has 1 spiro atoms. The third-order valence-electron chi connectivity index (χ3n) is 7.39. The molecule has 8 nitrogen and oxygen atoms in total. The average molecular weight is 447 g/mol. The smallest absolute Gasteiger partial charge is 0.257 e. The Balaban J connectivity index is 1.08. The Morgan fingerprint density at radius 3 is 2.79 bits per heavy atom. The molecule has 0 radical (unpaired) electrons. The highest BCUT2D eigenvalue weighted by molar-refractivity contribution is 5.89. The molecule has 1 amide bonds. The molecule has 33 heavy (non-hydrogen) atoms. The van der Waals surface area contributed by atoms with Crippen molar-refractivity contribution in [1.29, 1.82) is 5.26 Å². The first-order chi connectivity index (χ1) is 16.1. The minimum absolute atomic E-state index is 0.0362. The number of rotatable bonds is 6. The highest BCUT2D eigenvalue weighted by Crippen LogP contribution is 2.51. The summed E-state index contributed by atoms with van der Waals surface area (Å²) in [6.45, 7) is 0.315. The second kappa shape index (κ2) is 8.08. The van der Waals surface area contributed by atoms with E-state index in [-0.39, 0.29) is 30.4 Å². The topological polar surface area (TPSA) is 97.6 Å². The van der Waals surface area contributed by atoms with E-state index in [1.165, 1.54) is 6.42 Å². The van der Waals surface area contributed by atoms with Crippen molar-refractivity contribution >= 4 is 5.91 Å². The van der Waals surface area contributed by atoms with Crippen molar-refractivity contribution in [3.8, 4) is 11.8 Å². The third-order valence-corrected chi connectivity index (χ3v) is 7.39. The fourth-order valence-electron chi connectivity index (χ4n) is 5.31. The van der Waals surface area contributed by atoms with Gasteiger partial charge >= 0.3 is 0 Å². The second-order valence-corrected chi connectivity index (χ2v) is 9.45. The van der Waals surface area contributed by atoms with Gasteiger partial charge in [0.1, 0.15) is 12.0 Å². The lowest BCUT2D eigenvalue weighted by Gasteiger charge is -2.42. The van der Waals surface area contributed by atoms with Gasteiger partial charge in [-0.3, -0.25) is 14.8 Å². The Bertz CT molecular complexity index is 1090. The zero-order valence-corrected chi connectivity index (χ0v) is 18.4. The first kappa shape index (κ1) is 20.6. The van der Waals surface area contributed by atoms with Gasteiger partial charge in [0.05, 0.1) is 48.4 Å². The molecule has 2 saturated heterocycles. The van der Waals surface area contributed by atoms with Crippen molar-refractivity contribution in [3.05, 3.63) is 53.6 Å². The number of ether oxygens (including phenoxy) is 3. The van der Waals surface area contributed by atoms with Gasteiger partial charge in [-0.15, -0.1) is 0 Å². The van der Waals surface area contributed by atoms with Crippen LogP contribution in [-0.4, -0.2) is 44.8 Å². The lowest BCUT2D eigenvalue weighted by molar-refractivity contribution is -0.177. The molecular weight excluding hydrogens is 420 g/mol. The zero-order valence-electron chi connectivity index (χ0n) is 18.4. The van der Waals surface area contributed by atoms with Crippen molar-refractivity contribution in [2.45, 2.75) is 81.6 Å². The number of benzene rings is 1. The van der Waals surface area contributed by atoms with E-state index >= 15 is 0 Å². The molecule has 1 aromatic carbocycles. The molecule has 2 saturated carbocycles. The number of hydrogen-bond acceptors (Lipinski definition) is 7. The predicted molar refractivity (Wildman–Crippen MR) is 116 cm³/mol. The average Bonchev–Trinajstić information content (AvgIpc) is 3.33. The van der Waals surface area contributed by atoms with E-state index in [0.717, 1.165) is 42.7 Å². The van der Waals surface area contributed by atoms with Crippen molar-refractivity contribution in [1.82, 2.24) is 14.9 Å². The van der Waals surface area contributed by atoms with E-state index in [1.54, 1.807) is 24.7 Å². The maximum Gasteiger partial charge on any atom is 0.257 e. The largest absolute Gasteiger partial charge is 0.490 e. The standard InChI is InChI=1S/C25H26N4O4/c26-13-16-4-5-19(32-18-2-1-3-18)10-17(16)15-31-20-11-25(12-20)24(30)29-22(6-7-23(29)33-25)21-14-27-8-9-28-21/h4-5,8-10,14,18,20,22-23H,1-3,6-7,11-12,15H2/t20?,22-,23?,25?/m0/s1. The van der Waals surface area contributed by atoms with Crippen molar-refractivity contribution in [2.75, 3.05) is 0 Å². The van der Waals surface area contributed by atoms with Crippen LogP contribution in [0.1, 0.15) is 67.8 Å². The highest BCUT2D eigenvalue weighted by atomic mass is 16.6. The molecule has 0 N–H and O–H groups in total. The van der Waals surface area contributed by atoms with E-state index in [0.29, 0.717) is 25.0 Å². The second-order valence-electron chi connectivity index (χ2n) is 9.45. The summed E-state index contributed by atoms with van der Waals surface area (Å²) in [7, 11) is 0. The number of nitriles is 1. The third kappa shape index (κ3) is 3.56. The van der Waals surface area contributed by atoms with E-state index in [4.69, 9.17) is 14.2 Å². The van der Waals surface area contributed by atoms with Crippen molar-refractivity contribution in [2.24, 2.45) is 0 Å². The van der Waals surface area contributed by atoms with Crippen LogP contribution in [0.2, 0.25) is 0 Å². The molecule has 2 aromatic rings. The summed E-state index contributed by atoms with van der Waals surface area (Å²) in [5.41, 5.74) is 1.43. The van der Waals surface area contributed by atoms with Crippen LogP contribution in [0, 0.1) is 11.3 Å². The summed E-state index contributed by atoms with van der Waals surface area (Å²) in [6.07, 6.45) is 11.1. The number of carbonyl (C=O) groups is 1. The number of carbonyl (C=O) groups excluding carboxylic acids is 1. The van der Waals surface area contributed by atoms with Gasteiger partial charge in [-0.2, -0.15) is 5.26 Å². The highest BCUT2D eigenvalue weighted by Gasteiger charge is 2.63. The molecule has 6 rings (SSSR count). The van der Waals surface area contributed by atoms with Gasteiger partial charge in [-0.1, -0.05) is 0 Å². The van der Waals surface area contributed by atoms with Crippen LogP contribution in [0.4, 0.5) is 0 Å². The minimum Gasteiger partial charge on any atom is -0.490 e. The number of amides is 1. The molecule has 170 valence electrons. The molecule has 4 fully saturated rings. The number of aromatic nitrogens is 2. The monoisotopic (exact) mass is 446 g/mol. The molecule has 4 aliphatic rings. The summed E-state index contributed by atoms with van der Waals surface area (Å²) in [5, 5.41) is 9.47.